The summed E-state index contributed by atoms with van der Waals surface area (Å²) in [5.41, 5.74) is 1.26. The molecule has 3 rings (SSSR count). The number of carboxylic acid groups (broad SMARTS) is 1. The van der Waals surface area contributed by atoms with Crippen LogP contribution in [-0.4, -0.2) is 46.9 Å². The first kappa shape index (κ1) is 15.5. The van der Waals surface area contributed by atoms with Crippen molar-refractivity contribution in [2.45, 2.75) is 38.1 Å². The van der Waals surface area contributed by atoms with Crippen LogP contribution in [0.5, 0.6) is 0 Å². The molecular formula is C17H20N2O4. The van der Waals surface area contributed by atoms with E-state index in [1.807, 2.05) is 0 Å². The molecule has 2 fully saturated rings. The fourth-order valence-electron chi connectivity index (χ4n) is 3.30. The van der Waals surface area contributed by atoms with Gasteiger partial charge in [-0.2, -0.15) is 0 Å². The molecule has 0 saturated carbocycles. The van der Waals surface area contributed by atoms with E-state index in [9.17, 15) is 19.5 Å². The third-order valence-electron chi connectivity index (χ3n) is 4.55. The van der Waals surface area contributed by atoms with Crippen molar-refractivity contribution in [2.75, 3.05) is 18.0 Å². The summed E-state index contributed by atoms with van der Waals surface area (Å²) in [6.45, 7) is 1.18. The van der Waals surface area contributed by atoms with E-state index in [1.54, 1.807) is 29.2 Å². The van der Waals surface area contributed by atoms with Gasteiger partial charge in [0.25, 0.3) is 5.91 Å². The number of nitrogens with zero attached hydrogens (tertiary/aromatic N) is 2. The lowest BCUT2D eigenvalue weighted by Crippen LogP contribution is -2.47. The van der Waals surface area contributed by atoms with Gasteiger partial charge in [0, 0.05) is 30.8 Å². The molecule has 0 radical (unpaired) electrons. The standard InChI is InChI=1S/C17H20N2O4/c20-15-5-3-11-18(15)13-8-6-12(7-9-13)16(21)19-10-2-1-4-14(19)17(22)23/h6-9,14H,1-5,10-11H2,(H,22,23). The van der Waals surface area contributed by atoms with Crippen molar-refractivity contribution in [1.29, 1.82) is 0 Å². The monoisotopic (exact) mass is 316 g/mol. The van der Waals surface area contributed by atoms with Gasteiger partial charge in [-0.15, -0.1) is 0 Å². The molecular weight excluding hydrogens is 296 g/mol. The maximum Gasteiger partial charge on any atom is 0.326 e. The van der Waals surface area contributed by atoms with Crippen LogP contribution in [0.15, 0.2) is 24.3 Å². The molecule has 6 nitrogen and oxygen atoms in total. The highest BCUT2D eigenvalue weighted by Gasteiger charge is 2.32. The topological polar surface area (TPSA) is 77.9 Å². The number of hydrogen-bond acceptors (Lipinski definition) is 3. The van der Waals surface area contributed by atoms with E-state index in [-0.39, 0.29) is 11.8 Å². The van der Waals surface area contributed by atoms with Gasteiger partial charge < -0.3 is 14.9 Å². The van der Waals surface area contributed by atoms with Crippen molar-refractivity contribution in [3.05, 3.63) is 29.8 Å². The Morgan fingerprint density at radius 2 is 1.78 bits per heavy atom. The Hall–Kier alpha value is -2.37. The summed E-state index contributed by atoms with van der Waals surface area (Å²) in [5, 5.41) is 9.28. The number of carbonyl (C=O) groups excluding carboxylic acids is 2. The average molecular weight is 316 g/mol. The van der Waals surface area contributed by atoms with E-state index in [4.69, 9.17) is 0 Å². The fourth-order valence-corrected chi connectivity index (χ4v) is 3.30. The number of rotatable bonds is 3. The number of hydrogen-bond donors (Lipinski definition) is 1. The largest absolute Gasteiger partial charge is 0.480 e. The summed E-state index contributed by atoms with van der Waals surface area (Å²) in [7, 11) is 0. The Balaban J connectivity index is 1.77. The zero-order valence-electron chi connectivity index (χ0n) is 12.9. The molecule has 0 aromatic heterocycles. The van der Waals surface area contributed by atoms with E-state index in [0.717, 1.165) is 24.9 Å². The second kappa shape index (κ2) is 6.40. The van der Waals surface area contributed by atoms with E-state index >= 15 is 0 Å². The van der Waals surface area contributed by atoms with Gasteiger partial charge in [0.1, 0.15) is 6.04 Å². The Bertz CT molecular complexity index is 626. The van der Waals surface area contributed by atoms with Crippen LogP contribution in [0.25, 0.3) is 0 Å². The lowest BCUT2D eigenvalue weighted by Gasteiger charge is -2.33. The maximum absolute atomic E-state index is 12.6. The minimum atomic E-state index is -0.947. The number of carbonyl (C=O) groups is 3. The first-order valence-electron chi connectivity index (χ1n) is 8.02. The quantitative estimate of drug-likeness (QED) is 0.924. The Kier molecular flexibility index (Phi) is 4.32. The van der Waals surface area contributed by atoms with E-state index in [0.29, 0.717) is 31.5 Å². The molecule has 0 aliphatic carbocycles. The molecule has 2 amide bonds. The van der Waals surface area contributed by atoms with Gasteiger partial charge in [-0.05, 0) is 49.9 Å². The van der Waals surface area contributed by atoms with Crippen LogP contribution >= 0.6 is 0 Å². The highest BCUT2D eigenvalue weighted by atomic mass is 16.4. The Morgan fingerprint density at radius 1 is 1.04 bits per heavy atom. The van der Waals surface area contributed by atoms with Crippen molar-refractivity contribution in [3.63, 3.8) is 0 Å². The molecule has 2 aliphatic rings. The first-order chi connectivity index (χ1) is 11.1. The minimum absolute atomic E-state index is 0.103. The van der Waals surface area contributed by atoms with Gasteiger partial charge in [0.05, 0.1) is 0 Å². The lowest BCUT2D eigenvalue weighted by molar-refractivity contribution is -0.143. The van der Waals surface area contributed by atoms with Gasteiger partial charge >= 0.3 is 5.97 Å². The highest BCUT2D eigenvalue weighted by Crippen LogP contribution is 2.24. The molecule has 0 bridgehead atoms. The lowest BCUT2D eigenvalue weighted by atomic mass is 10.0. The van der Waals surface area contributed by atoms with Crippen molar-refractivity contribution in [2.24, 2.45) is 0 Å². The molecule has 122 valence electrons. The number of piperidine rings is 1. The summed E-state index contributed by atoms with van der Waals surface area (Å²) in [4.78, 5) is 38.8. The normalized spacial score (nSPS) is 21.6. The van der Waals surface area contributed by atoms with E-state index in [1.165, 1.54) is 4.90 Å². The van der Waals surface area contributed by atoms with E-state index < -0.39 is 12.0 Å². The molecule has 0 spiro atoms. The van der Waals surface area contributed by atoms with Crippen LogP contribution in [0.1, 0.15) is 42.5 Å². The van der Waals surface area contributed by atoms with Crippen LogP contribution in [-0.2, 0) is 9.59 Å². The SMILES string of the molecule is O=C(O)C1CCCCN1C(=O)c1ccc(N2CCCC2=O)cc1. The van der Waals surface area contributed by atoms with E-state index in [2.05, 4.69) is 0 Å². The predicted molar refractivity (Wildman–Crippen MR) is 84.3 cm³/mol. The molecule has 6 heteroatoms. The summed E-state index contributed by atoms with van der Waals surface area (Å²) in [5.74, 6) is -1.10. The highest BCUT2D eigenvalue weighted by molar-refractivity contribution is 5.98. The number of benzene rings is 1. The Morgan fingerprint density at radius 3 is 2.39 bits per heavy atom. The van der Waals surface area contributed by atoms with Crippen LogP contribution in [0.3, 0.4) is 0 Å². The van der Waals surface area contributed by atoms with Crippen LogP contribution in [0.4, 0.5) is 5.69 Å². The summed E-state index contributed by atoms with van der Waals surface area (Å²) >= 11 is 0. The molecule has 23 heavy (non-hydrogen) atoms. The number of likely N-dealkylation sites (tertiary alicyclic amines) is 1. The van der Waals surface area contributed by atoms with Crippen molar-refractivity contribution in [1.82, 2.24) is 4.90 Å². The Labute approximate surface area is 134 Å². The molecule has 1 aromatic carbocycles. The van der Waals surface area contributed by atoms with Gasteiger partial charge in [0.15, 0.2) is 0 Å². The molecule has 2 aliphatic heterocycles. The van der Waals surface area contributed by atoms with Crippen molar-refractivity contribution < 1.29 is 19.5 Å². The van der Waals surface area contributed by atoms with Crippen LogP contribution in [0, 0.1) is 0 Å². The molecule has 1 atom stereocenters. The molecule has 1 aromatic rings. The smallest absolute Gasteiger partial charge is 0.326 e. The minimum Gasteiger partial charge on any atom is -0.480 e. The molecule has 1 N–H and O–H groups in total. The second-order valence-electron chi connectivity index (χ2n) is 6.04. The third-order valence-corrected chi connectivity index (χ3v) is 4.55. The summed E-state index contributed by atoms with van der Waals surface area (Å²) in [6.07, 6.45) is 3.58. The number of carboxylic acids is 1. The fraction of sp³-hybridized carbons (Fsp3) is 0.471. The number of anilines is 1. The first-order valence-corrected chi connectivity index (χ1v) is 8.02. The molecule has 1 unspecified atom stereocenters. The van der Waals surface area contributed by atoms with Crippen LogP contribution < -0.4 is 4.90 Å². The van der Waals surface area contributed by atoms with Crippen molar-refractivity contribution >= 4 is 23.5 Å². The maximum atomic E-state index is 12.6. The van der Waals surface area contributed by atoms with Crippen molar-refractivity contribution in [3.8, 4) is 0 Å². The van der Waals surface area contributed by atoms with Gasteiger partial charge in [-0.1, -0.05) is 0 Å². The molecule has 2 saturated heterocycles. The van der Waals surface area contributed by atoms with Crippen LogP contribution in [0.2, 0.25) is 0 Å². The molecule has 2 heterocycles. The number of aliphatic carboxylic acids is 1. The van der Waals surface area contributed by atoms with Gasteiger partial charge in [-0.25, -0.2) is 4.79 Å². The average Bonchev–Trinajstić information content (AvgIpc) is 3.00. The summed E-state index contributed by atoms with van der Waals surface area (Å²) in [6, 6.07) is 6.14. The zero-order chi connectivity index (χ0) is 16.4. The summed E-state index contributed by atoms with van der Waals surface area (Å²) < 4.78 is 0. The predicted octanol–water partition coefficient (Wildman–Crippen LogP) is 1.89. The third kappa shape index (κ3) is 3.06. The number of amides is 2. The van der Waals surface area contributed by atoms with Gasteiger partial charge in [0.2, 0.25) is 5.91 Å². The second-order valence-corrected chi connectivity index (χ2v) is 6.04. The van der Waals surface area contributed by atoms with Gasteiger partial charge in [-0.3, -0.25) is 9.59 Å². The zero-order valence-corrected chi connectivity index (χ0v) is 12.9.